The Balaban J connectivity index is 2.12. The number of nitrogens with one attached hydrogen (secondary N) is 1. The third-order valence-corrected chi connectivity index (χ3v) is 3.35. The van der Waals surface area contributed by atoms with Crippen LogP contribution < -0.4 is 10.1 Å². The molecule has 1 aliphatic heterocycles. The minimum absolute atomic E-state index is 0.165. The van der Waals surface area contributed by atoms with Crippen LogP contribution in [-0.2, 0) is 4.79 Å². The molecule has 1 saturated carbocycles. The van der Waals surface area contributed by atoms with E-state index in [9.17, 15) is 4.79 Å². The lowest BCUT2D eigenvalue weighted by molar-refractivity contribution is -0.117. The van der Waals surface area contributed by atoms with Crippen molar-refractivity contribution in [1.29, 1.82) is 0 Å². The normalized spacial score (nSPS) is 26.4. The van der Waals surface area contributed by atoms with E-state index in [2.05, 4.69) is 11.4 Å². The number of rotatable bonds is 1. The summed E-state index contributed by atoms with van der Waals surface area (Å²) in [5, 5.41) is 2.93. The summed E-state index contributed by atoms with van der Waals surface area (Å²) in [7, 11) is 1.65. The van der Waals surface area contributed by atoms with E-state index in [0.29, 0.717) is 5.92 Å². The van der Waals surface area contributed by atoms with Gasteiger partial charge < -0.3 is 10.1 Å². The molecular weight excluding hydrogens is 190 g/mol. The van der Waals surface area contributed by atoms with Gasteiger partial charge in [-0.05, 0) is 30.4 Å². The molecule has 1 aromatic carbocycles. The molecule has 1 aromatic rings. The quantitative estimate of drug-likeness (QED) is 0.758. The Labute approximate surface area is 88.4 Å². The Morgan fingerprint density at radius 3 is 2.93 bits per heavy atom. The molecule has 2 unspecified atom stereocenters. The van der Waals surface area contributed by atoms with E-state index in [4.69, 9.17) is 4.74 Å². The SMILES string of the molecule is COc1cc2c(cc1C)C1CC1C(=O)N2. The lowest BCUT2D eigenvalue weighted by Crippen LogP contribution is -2.19. The monoisotopic (exact) mass is 203 g/mol. The maximum atomic E-state index is 11.5. The van der Waals surface area contributed by atoms with Crippen LogP contribution in [0.25, 0.3) is 0 Å². The highest BCUT2D eigenvalue weighted by atomic mass is 16.5. The summed E-state index contributed by atoms with van der Waals surface area (Å²) in [5.74, 6) is 1.69. The summed E-state index contributed by atoms with van der Waals surface area (Å²) in [5.41, 5.74) is 3.34. The molecule has 1 heterocycles. The van der Waals surface area contributed by atoms with Crippen LogP contribution >= 0.6 is 0 Å². The van der Waals surface area contributed by atoms with Gasteiger partial charge in [0.1, 0.15) is 5.75 Å². The van der Waals surface area contributed by atoms with Crippen molar-refractivity contribution < 1.29 is 9.53 Å². The number of aryl methyl sites for hydroxylation is 1. The van der Waals surface area contributed by atoms with Crippen LogP contribution in [0.15, 0.2) is 12.1 Å². The van der Waals surface area contributed by atoms with E-state index < -0.39 is 0 Å². The molecule has 1 aliphatic carbocycles. The lowest BCUT2D eigenvalue weighted by atomic mass is 10.00. The molecule has 0 bridgehead atoms. The number of carbonyl (C=O) groups is 1. The molecule has 0 aromatic heterocycles. The number of fused-ring (bicyclic) bond motifs is 3. The predicted molar refractivity (Wildman–Crippen MR) is 57.2 cm³/mol. The first kappa shape index (κ1) is 8.77. The minimum atomic E-state index is 0.165. The van der Waals surface area contributed by atoms with Crippen LogP contribution in [0.5, 0.6) is 5.75 Å². The van der Waals surface area contributed by atoms with Crippen LogP contribution in [0, 0.1) is 12.8 Å². The van der Waals surface area contributed by atoms with Crippen molar-refractivity contribution in [3.8, 4) is 5.75 Å². The van der Waals surface area contributed by atoms with Gasteiger partial charge in [0.2, 0.25) is 5.91 Å². The van der Waals surface area contributed by atoms with E-state index >= 15 is 0 Å². The average Bonchev–Trinajstić information content (AvgIpc) is 2.99. The highest BCUT2D eigenvalue weighted by Gasteiger charge is 2.48. The van der Waals surface area contributed by atoms with Gasteiger partial charge >= 0.3 is 0 Å². The first-order chi connectivity index (χ1) is 7.20. The van der Waals surface area contributed by atoms with Gasteiger partial charge in [0.15, 0.2) is 0 Å². The fourth-order valence-corrected chi connectivity index (χ4v) is 2.40. The summed E-state index contributed by atoms with van der Waals surface area (Å²) in [4.78, 5) is 11.5. The second-order valence-corrected chi connectivity index (χ2v) is 4.35. The number of amides is 1. The zero-order valence-electron chi connectivity index (χ0n) is 8.83. The lowest BCUT2D eigenvalue weighted by Gasteiger charge is -2.18. The van der Waals surface area contributed by atoms with Gasteiger partial charge in [0.05, 0.1) is 7.11 Å². The Morgan fingerprint density at radius 1 is 1.40 bits per heavy atom. The van der Waals surface area contributed by atoms with Crippen molar-refractivity contribution in [3.63, 3.8) is 0 Å². The second-order valence-electron chi connectivity index (χ2n) is 4.35. The first-order valence-electron chi connectivity index (χ1n) is 5.20. The standard InChI is InChI=1S/C12H13NO2/c1-6-3-8-7-4-9(7)12(14)13-10(8)5-11(6)15-2/h3,5,7,9H,4H2,1-2H3,(H,13,14). The highest BCUT2D eigenvalue weighted by molar-refractivity contribution is 5.99. The van der Waals surface area contributed by atoms with Crippen LogP contribution in [-0.4, -0.2) is 13.0 Å². The largest absolute Gasteiger partial charge is 0.496 e. The highest BCUT2D eigenvalue weighted by Crippen LogP contribution is 2.54. The van der Waals surface area contributed by atoms with Crippen molar-refractivity contribution in [1.82, 2.24) is 0 Å². The number of methoxy groups -OCH3 is 1. The van der Waals surface area contributed by atoms with Crippen molar-refractivity contribution in [2.24, 2.45) is 5.92 Å². The third-order valence-electron chi connectivity index (χ3n) is 3.35. The topological polar surface area (TPSA) is 38.3 Å². The summed E-state index contributed by atoms with van der Waals surface area (Å²) in [6, 6.07) is 4.06. The number of hydrogen-bond acceptors (Lipinski definition) is 2. The molecule has 3 nitrogen and oxygen atoms in total. The van der Waals surface area contributed by atoms with Gasteiger partial charge in [-0.2, -0.15) is 0 Å². The Morgan fingerprint density at radius 2 is 2.20 bits per heavy atom. The molecule has 2 atom stereocenters. The Hall–Kier alpha value is -1.51. The minimum Gasteiger partial charge on any atom is -0.496 e. The first-order valence-corrected chi connectivity index (χ1v) is 5.20. The molecule has 0 saturated heterocycles. The average molecular weight is 203 g/mol. The summed E-state index contributed by atoms with van der Waals surface area (Å²) in [6.45, 7) is 2.03. The molecule has 0 spiro atoms. The number of hydrogen-bond donors (Lipinski definition) is 1. The van der Waals surface area contributed by atoms with Crippen LogP contribution in [0.1, 0.15) is 23.5 Å². The number of benzene rings is 1. The predicted octanol–water partition coefficient (Wildman–Crippen LogP) is 2.06. The molecule has 1 fully saturated rings. The maximum absolute atomic E-state index is 11.5. The number of anilines is 1. The third kappa shape index (κ3) is 1.16. The van der Waals surface area contributed by atoms with Crippen LogP contribution in [0.4, 0.5) is 5.69 Å². The van der Waals surface area contributed by atoms with E-state index in [1.54, 1.807) is 7.11 Å². The van der Waals surface area contributed by atoms with E-state index in [0.717, 1.165) is 23.4 Å². The van der Waals surface area contributed by atoms with E-state index in [-0.39, 0.29) is 11.8 Å². The molecule has 15 heavy (non-hydrogen) atoms. The van der Waals surface area contributed by atoms with Gasteiger partial charge in [0.25, 0.3) is 0 Å². The molecule has 3 rings (SSSR count). The molecule has 0 radical (unpaired) electrons. The molecule has 3 heteroatoms. The summed E-state index contributed by atoms with van der Waals surface area (Å²) < 4.78 is 5.24. The second kappa shape index (κ2) is 2.75. The van der Waals surface area contributed by atoms with Gasteiger partial charge in [-0.1, -0.05) is 6.07 Å². The molecule has 2 aliphatic rings. The smallest absolute Gasteiger partial charge is 0.228 e. The molecule has 78 valence electrons. The summed E-state index contributed by atoms with van der Waals surface area (Å²) in [6.07, 6.45) is 1.00. The van der Waals surface area contributed by atoms with Crippen LogP contribution in [0.2, 0.25) is 0 Å². The van der Waals surface area contributed by atoms with Crippen molar-refractivity contribution in [2.45, 2.75) is 19.3 Å². The maximum Gasteiger partial charge on any atom is 0.228 e. The zero-order valence-corrected chi connectivity index (χ0v) is 8.83. The van der Waals surface area contributed by atoms with E-state index in [1.807, 2.05) is 13.0 Å². The van der Waals surface area contributed by atoms with Gasteiger partial charge in [-0.3, -0.25) is 4.79 Å². The Kier molecular flexibility index (Phi) is 1.61. The molecular formula is C12H13NO2. The summed E-state index contributed by atoms with van der Waals surface area (Å²) >= 11 is 0. The fraction of sp³-hybridized carbons (Fsp3) is 0.417. The van der Waals surface area contributed by atoms with Crippen molar-refractivity contribution >= 4 is 11.6 Å². The molecule has 1 N–H and O–H groups in total. The van der Waals surface area contributed by atoms with E-state index in [1.165, 1.54) is 5.56 Å². The fourth-order valence-electron chi connectivity index (χ4n) is 2.40. The molecule has 1 amide bonds. The van der Waals surface area contributed by atoms with Gasteiger partial charge in [-0.25, -0.2) is 0 Å². The van der Waals surface area contributed by atoms with Crippen molar-refractivity contribution in [2.75, 3.05) is 12.4 Å². The number of carbonyl (C=O) groups excluding carboxylic acids is 1. The van der Waals surface area contributed by atoms with Crippen LogP contribution in [0.3, 0.4) is 0 Å². The Bertz CT molecular complexity index is 453. The number of ether oxygens (including phenoxy) is 1. The van der Waals surface area contributed by atoms with Crippen molar-refractivity contribution in [3.05, 3.63) is 23.3 Å². The zero-order chi connectivity index (χ0) is 10.6. The van der Waals surface area contributed by atoms with Gasteiger partial charge in [0, 0.05) is 17.7 Å². The van der Waals surface area contributed by atoms with Gasteiger partial charge in [-0.15, -0.1) is 0 Å².